The zero-order chi connectivity index (χ0) is 18.7. The third-order valence-electron chi connectivity index (χ3n) is 4.47. The number of carbonyl (C=O) groups is 2. The van der Waals surface area contributed by atoms with E-state index in [4.69, 9.17) is 5.73 Å². The highest BCUT2D eigenvalue weighted by atomic mass is 19.3. The predicted molar refractivity (Wildman–Crippen MR) is 88.0 cm³/mol. The van der Waals surface area contributed by atoms with E-state index < -0.39 is 12.2 Å². The fraction of sp³-hybridized carbons (Fsp3) is 0.529. The number of hydrogen-bond acceptors (Lipinski definition) is 5. The van der Waals surface area contributed by atoms with Crippen molar-refractivity contribution in [2.45, 2.75) is 50.5 Å². The van der Waals surface area contributed by atoms with Crippen molar-refractivity contribution < 1.29 is 27.8 Å². The standard InChI is InChI=1S/C17H21F2N3O4/c18-17(19)25-13-3-1-2-12(15(13)26-17)16(24)22-11-6-4-10(5-7-11)21-14(23)8-9-20/h1-3,10-11H,4-9,20H2,(H,21,23)(H,22,24)/t10-,11-. The van der Waals surface area contributed by atoms with E-state index in [2.05, 4.69) is 20.1 Å². The lowest BCUT2D eigenvalue weighted by atomic mass is 9.91. The summed E-state index contributed by atoms with van der Waals surface area (Å²) >= 11 is 0. The van der Waals surface area contributed by atoms with Gasteiger partial charge in [-0.15, -0.1) is 8.78 Å². The number of rotatable bonds is 5. The molecule has 1 saturated carbocycles. The SMILES string of the molecule is NCCC(=O)N[C@H]1CC[C@H](NC(=O)c2cccc3c2OC(F)(F)O3)CC1. The van der Waals surface area contributed by atoms with Gasteiger partial charge in [0.25, 0.3) is 5.91 Å². The van der Waals surface area contributed by atoms with E-state index in [1.54, 1.807) is 0 Å². The molecule has 1 aliphatic heterocycles. The molecule has 1 aromatic rings. The maximum atomic E-state index is 13.2. The molecule has 0 saturated heterocycles. The van der Waals surface area contributed by atoms with Crippen LogP contribution in [-0.4, -0.2) is 36.7 Å². The summed E-state index contributed by atoms with van der Waals surface area (Å²) in [6.45, 7) is 0.309. The zero-order valence-electron chi connectivity index (χ0n) is 14.1. The summed E-state index contributed by atoms with van der Waals surface area (Å²) in [5.74, 6) is -0.969. The first-order valence-corrected chi connectivity index (χ1v) is 8.57. The molecule has 0 atom stereocenters. The summed E-state index contributed by atoms with van der Waals surface area (Å²) in [4.78, 5) is 24.0. The van der Waals surface area contributed by atoms with Crippen LogP contribution in [0.5, 0.6) is 11.5 Å². The van der Waals surface area contributed by atoms with Gasteiger partial charge in [-0.3, -0.25) is 9.59 Å². The number of halogens is 2. The van der Waals surface area contributed by atoms with Gasteiger partial charge in [0.15, 0.2) is 11.5 Å². The van der Waals surface area contributed by atoms with E-state index in [1.807, 2.05) is 0 Å². The highest BCUT2D eigenvalue weighted by Gasteiger charge is 2.45. The molecule has 0 aromatic heterocycles. The van der Waals surface area contributed by atoms with E-state index in [9.17, 15) is 18.4 Å². The molecule has 1 heterocycles. The fourth-order valence-corrected chi connectivity index (χ4v) is 3.22. The smallest absolute Gasteiger partial charge is 0.395 e. The van der Waals surface area contributed by atoms with Crippen LogP contribution in [0.15, 0.2) is 18.2 Å². The minimum absolute atomic E-state index is 0.0121. The highest BCUT2D eigenvalue weighted by molar-refractivity contribution is 5.98. The first-order valence-electron chi connectivity index (χ1n) is 8.57. The van der Waals surface area contributed by atoms with Crippen LogP contribution in [0.2, 0.25) is 0 Å². The average Bonchev–Trinajstić information content (AvgIpc) is 2.90. The van der Waals surface area contributed by atoms with Crippen molar-refractivity contribution in [2.24, 2.45) is 5.73 Å². The Morgan fingerprint density at radius 2 is 1.77 bits per heavy atom. The number of para-hydroxylation sites is 1. The van der Waals surface area contributed by atoms with Gasteiger partial charge in [0.05, 0.1) is 5.56 Å². The van der Waals surface area contributed by atoms with E-state index in [0.717, 1.165) is 12.8 Å². The Balaban J connectivity index is 1.55. The third kappa shape index (κ3) is 4.21. The Morgan fingerprint density at radius 1 is 1.12 bits per heavy atom. The monoisotopic (exact) mass is 369 g/mol. The zero-order valence-corrected chi connectivity index (χ0v) is 14.1. The van der Waals surface area contributed by atoms with Crippen LogP contribution in [0.1, 0.15) is 42.5 Å². The molecule has 9 heteroatoms. The first kappa shape index (κ1) is 18.4. The largest absolute Gasteiger partial charge is 0.586 e. The van der Waals surface area contributed by atoms with Gasteiger partial charge in [0.2, 0.25) is 5.91 Å². The molecule has 7 nitrogen and oxygen atoms in total. The molecule has 4 N–H and O–H groups in total. The van der Waals surface area contributed by atoms with Gasteiger partial charge in [0.1, 0.15) is 0 Å². The van der Waals surface area contributed by atoms with Crippen LogP contribution in [-0.2, 0) is 4.79 Å². The van der Waals surface area contributed by atoms with Gasteiger partial charge in [-0.05, 0) is 37.8 Å². The number of amides is 2. The van der Waals surface area contributed by atoms with Crippen molar-refractivity contribution in [3.05, 3.63) is 23.8 Å². The van der Waals surface area contributed by atoms with Gasteiger partial charge in [0, 0.05) is 25.0 Å². The molecule has 1 aromatic carbocycles. The number of nitrogens with one attached hydrogen (secondary N) is 2. The molecule has 0 bridgehead atoms. The molecule has 0 radical (unpaired) electrons. The Kier molecular flexibility index (Phi) is 5.26. The highest BCUT2D eigenvalue weighted by Crippen LogP contribution is 2.43. The van der Waals surface area contributed by atoms with Crippen molar-refractivity contribution in [2.75, 3.05) is 6.54 Å². The number of nitrogens with two attached hydrogens (primary N) is 1. The van der Waals surface area contributed by atoms with Crippen molar-refractivity contribution in [1.29, 1.82) is 0 Å². The summed E-state index contributed by atoms with van der Waals surface area (Å²) in [7, 11) is 0. The van der Waals surface area contributed by atoms with E-state index in [0.29, 0.717) is 25.8 Å². The minimum atomic E-state index is -3.77. The Bertz CT molecular complexity index is 691. The fourth-order valence-electron chi connectivity index (χ4n) is 3.22. The van der Waals surface area contributed by atoms with E-state index >= 15 is 0 Å². The second-order valence-electron chi connectivity index (χ2n) is 6.43. The van der Waals surface area contributed by atoms with Crippen LogP contribution in [0.3, 0.4) is 0 Å². The van der Waals surface area contributed by atoms with Gasteiger partial charge in [-0.2, -0.15) is 0 Å². The van der Waals surface area contributed by atoms with Crippen LogP contribution in [0.4, 0.5) is 8.78 Å². The lowest BCUT2D eigenvalue weighted by molar-refractivity contribution is -0.286. The molecule has 0 unspecified atom stereocenters. The second-order valence-corrected chi connectivity index (χ2v) is 6.43. The summed E-state index contributed by atoms with van der Waals surface area (Å²) in [5.41, 5.74) is 5.36. The van der Waals surface area contributed by atoms with Gasteiger partial charge >= 0.3 is 6.29 Å². The van der Waals surface area contributed by atoms with Crippen LogP contribution >= 0.6 is 0 Å². The average molecular weight is 369 g/mol. The van der Waals surface area contributed by atoms with Crippen LogP contribution in [0, 0.1) is 0 Å². The van der Waals surface area contributed by atoms with Crippen LogP contribution in [0.25, 0.3) is 0 Å². The van der Waals surface area contributed by atoms with E-state index in [-0.39, 0.29) is 35.1 Å². The number of carbonyl (C=O) groups excluding carboxylic acids is 2. The van der Waals surface area contributed by atoms with Gasteiger partial charge in [-0.1, -0.05) is 6.07 Å². The Hall–Kier alpha value is -2.42. The van der Waals surface area contributed by atoms with Crippen molar-refractivity contribution in [3.8, 4) is 11.5 Å². The molecule has 3 rings (SSSR count). The lowest BCUT2D eigenvalue weighted by Gasteiger charge is -2.29. The Morgan fingerprint density at radius 3 is 2.42 bits per heavy atom. The van der Waals surface area contributed by atoms with Gasteiger partial charge in [-0.25, -0.2) is 0 Å². The molecule has 2 aliphatic rings. The molecule has 1 aliphatic carbocycles. The van der Waals surface area contributed by atoms with Crippen LogP contribution < -0.4 is 25.8 Å². The summed E-state index contributed by atoms with van der Waals surface area (Å²) in [6, 6.07) is 4.17. The second kappa shape index (κ2) is 7.45. The topological polar surface area (TPSA) is 103 Å². The predicted octanol–water partition coefficient (Wildman–Crippen LogP) is 1.51. The summed E-state index contributed by atoms with van der Waals surface area (Å²) < 4.78 is 35.3. The molecule has 1 fully saturated rings. The maximum absolute atomic E-state index is 13.2. The molecule has 26 heavy (non-hydrogen) atoms. The number of hydrogen-bond donors (Lipinski definition) is 3. The van der Waals surface area contributed by atoms with Crippen molar-refractivity contribution in [1.82, 2.24) is 10.6 Å². The number of benzene rings is 1. The lowest BCUT2D eigenvalue weighted by Crippen LogP contribution is -2.44. The maximum Gasteiger partial charge on any atom is 0.586 e. The van der Waals surface area contributed by atoms with E-state index in [1.165, 1.54) is 18.2 Å². The number of alkyl halides is 2. The van der Waals surface area contributed by atoms with Gasteiger partial charge < -0.3 is 25.8 Å². The first-order chi connectivity index (χ1) is 12.4. The minimum Gasteiger partial charge on any atom is -0.395 e. The summed E-state index contributed by atoms with van der Waals surface area (Å²) in [5, 5.41) is 5.76. The quantitative estimate of drug-likeness (QED) is 0.730. The molecule has 0 spiro atoms. The normalized spacial score (nSPS) is 23.3. The summed E-state index contributed by atoms with van der Waals surface area (Å²) in [6.07, 6.45) is -0.650. The number of fused-ring (bicyclic) bond motifs is 1. The third-order valence-corrected chi connectivity index (χ3v) is 4.47. The number of ether oxygens (including phenoxy) is 2. The molecular formula is C17H21F2N3O4. The van der Waals surface area contributed by atoms with Crippen molar-refractivity contribution >= 4 is 11.8 Å². The Labute approximate surface area is 149 Å². The molecule has 2 amide bonds. The van der Waals surface area contributed by atoms with Crippen molar-refractivity contribution in [3.63, 3.8) is 0 Å². The molecule has 142 valence electrons. The molecular weight excluding hydrogens is 348 g/mol.